The van der Waals surface area contributed by atoms with Gasteiger partial charge in [-0.3, -0.25) is 4.79 Å². The summed E-state index contributed by atoms with van der Waals surface area (Å²) in [5.41, 5.74) is 0.407. The third-order valence-electron chi connectivity index (χ3n) is 3.81. The molecule has 1 aromatic heterocycles. The Balaban J connectivity index is 1.98. The van der Waals surface area contributed by atoms with E-state index in [0.29, 0.717) is 18.2 Å². The van der Waals surface area contributed by atoms with E-state index < -0.39 is 0 Å². The predicted molar refractivity (Wildman–Crippen MR) is 86.2 cm³/mol. The van der Waals surface area contributed by atoms with Gasteiger partial charge in [0.15, 0.2) is 0 Å². The van der Waals surface area contributed by atoms with Gasteiger partial charge in [-0.05, 0) is 40.0 Å². The maximum absolute atomic E-state index is 12.2. The first-order chi connectivity index (χ1) is 9.97. The molecule has 0 radical (unpaired) electrons. The number of halogens is 1. The van der Waals surface area contributed by atoms with Gasteiger partial charge < -0.3 is 15.1 Å². The summed E-state index contributed by atoms with van der Waals surface area (Å²) in [6.45, 7) is 4.33. The highest BCUT2D eigenvalue weighted by Gasteiger charge is 2.19. The topological polar surface area (TPSA) is 53.4 Å². The lowest BCUT2D eigenvalue weighted by Gasteiger charge is -2.15. The molecule has 1 aliphatic rings. The van der Waals surface area contributed by atoms with Gasteiger partial charge in [-0.1, -0.05) is 11.6 Å². The van der Waals surface area contributed by atoms with Gasteiger partial charge in [-0.25, -0.2) is 4.68 Å². The van der Waals surface area contributed by atoms with Gasteiger partial charge in [0.2, 0.25) is 0 Å². The third-order valence-corrected chi connectivity index (χ3v) is 4.18. The number of rotatable bonds is 6. The lowest BCUT2D eigenvalue weighted by atomic mass is 10.1. The van der Waals surface area contributed by atoms with Crippen LogP contribution in [-0.4, -0.2) is 66.9 Å². The molecule has 1 aromatic rings. The quantitative estimate of drug-likeness (QED) is 0.843. The van der Waals surface area contributed by atoms with Crippen LogP contribution in [0.25, 0.3) is 0 Å². The van der Waals surface area contributed by atoms with Crippen molar-refractivity contribution in [1.29, 1.82) is 0 Å². The van der Waals surface area contributed by atoms with Crippen molar-refractivity contribution in [1.82, 2.24) is 19.6 Å². The minimum Gasteiger partial charge on any atom is -0.382 e. The Morgan fingerprint density at radius 2 is 2.29 bits per heavy atom. The van der Waals surface area contributed by atoms with E-state index in [9.17, 15) is 4.79 Å². The number of hydrogen-bond donors (Lipinski definition) is 1. The van der Waals surface area contributed by atoms with Crippen LogP contribution < -0.4 is 10.9 Å². The van der Waals surface area contributed by atoms with Crippen LogP contribution in [0.1, 0.15) is 6.42 Å². The second-order valence-electron chi connectivity index (χ2n) is 6.00. The molecule has 0 aliphatic carbocycles. The molecule has 0 bridgehead atoms. The van der Waals surface area contributed by atoms with E-state index in [4.69, 9.17) is 11.6 Å². The average molecular weight is 314 g/mol. The minimum absolute atomic E-state index is 0.230. The van der Waals surface area contributed by atoms with Crippen LogP contribution in [0.2, 0.25) is 5.02 Å². The first-order valence-electron chi connectivity index (χ1n) is 7.30. The van der Waals surface area contributed by atoms with Gasteiger partial charge in [-0.2, -0.15) is 5.10 Å². The first kappa shape index (κ1) is 16.3. The normalized spacial score (nSPS) is 19.4. The van der Waals surface area contributed by atoms with Crippen LogP contribution in [0.4, 0.5) is 5.69 Å². The van der Waals surface area contributed by atoms with Crippen molar-refractivity contribution >= 4 is 17.3 Å². The van der Waals surface area contributed by atoms with E-state index in [1.165, 1.54) is 11.1 Å². The SMILES string of the molecule is CN(C)CCn1ncc(NCC2CCN(C)C2)c(Cl)c1=O. The molecule has 118 valence electrons. The van der Waals surface area contributed by atoms with Gasteiger partial charge in [0.1, 0.15) is 5.02 Å². The molecule has 1 atom stereocenters. The van der Waals surface area contributed by atoms with Gasteiger partial charge in [0.05, 0.1) is 18.4 Å². The van der Waals surface area contributed by atoms with Crippen molar-refractivity contribution in [3.05, 3.63) is 21.6 Å². The molecular weight excluding hydrogens is 290 g/mol. The van der Waals surface area contributed by atoms with E-state index in [2.05, 4.69) is 22.4 Å². The second-order valence-corrected chi connectivity index (χ2v) is 6.38. The maximum Gasteiger partial charge on any atom is 0.287 e. The van der Waals surface area contributed by atoms with Crippen molar-refractivity contribution < 1.29 is 0 Å². The van der Waals surface area contributed by atoms with Crippen LogP contribution in [-0.2, 0) is 6.54 Å². The summed E-state index contributed by atoms with van der Waals surface area (Å²) in [5, 5.41) is 7.69. The Kier molecular flexibility index (Phi) is 5.61. The number of nitrogens with one attached hydrogen (secondary N) is 1. The molecule has 6 nitrogen and oxygen atoms in total. The predicted octanol–water partition coefficient (Wildman–Crippen LogP) is 0.822. The van der Waals surface area contributed by atoms with E-state index >= 15 is 0 Å². The molecule has 21 heavy (non-hydrogen) atoms. The zero-order chi connectivity index (χ0) is 15.4. The van der Waals surface area contributed by atoms with Crippen molar-refractivity contribution in [3.8, 4) is 0 Å². The van der Waals surface area contributed by atoms with Crippen molar-refractivity contribution in [2.75, 3.05) is 52.6 Å². The molecular formula is C14H24ClN5O. The summed E-state index contributed by atoms with van der Waals surface area (Å²) in [6, 6.07) is 0. The second kappa shape index (κ2) is 7.24. The maximum atomic E-state index is 12.2. The van der Waals surface area contributed by atoms with Gasteiger partial charge in [0, 0.05) is 19.6 Å². The molecule has 2 rings (SSSR count). The summed E-state index contributed by atoms with van der Waals surface area (Å²) >= 11 is 6.17. The van der Waals surface area contributed by atoms with Crippen molar-refractivity contribution in [3.63, 3.8) is 0 Å². The molecule has 1 unspecified atom stereocenters. The summed E-state index contributed by atoms with van der Waals surface area (Å²) in [7, 11) is 6.04. The fourth-order valence-corrected chi connectivity index (χ4v) is 2.70. The van der Waals surface area contributed by atoms with Crippen LogP contribution >= 0.6 is 11.6 Å². The number of nitrogens with zero attached hydrogens (tertiary/aromatic N) is 4. The Morgan fingerprint density at radius 3 is 2.90 bits per heavy atom. The van der Waals surface area contributed by atoms with Crippen molar-refractivity contribution in [2.45, 2.75) is 13.0 Å². The molecule has 0 spiro atoms. The van der Waals surface area contributed by atoms with Gasteiger partial charge in [-0.15, -0.1) is 0 Å². The monoisotopic (exact) mass is 313 g/mol. The van der Waals surface area contributed by atoms with E-state index in [-0.39, 0.29) is 10.6 Å². The largest absolute Gasteiger partial charge is 0.382 e. The van der Waals surface area contributed by atoms with E-state index in [0.717, 1.165) is 26.2 Å². The van der Waals surface area contributed by atoms with E-state index in [1.807, 2.05) is 19.0 Å². The summed E-state index contributed by atoms with van der Waals surface area (Å²) in [6.07, 6.45) is 2.83. The fourth-order valence-electron chi connectivity index (χ4n) is 2.49. The molecule has 0 amide bonds. The molecule has 1 saturated heterocycles. The van der Waals surface area contributed by atoms with Crippen LogP contribution in [0, 0.1) is 5.92 Å². The number of likely N-dealkylation sites (N-methyl/N-ethyl adjacent to an activating group) is 1. The number of aromatic nitrogens is 2. The number of anilines is 1. The Morgan fingerprint density at radius 1 is 1.52 bits per heavy atom. The highest BCUT2D eigenvalue weighted by Crippen LogP contribution is 2.19. The lowest BCUT2D eigenvalue weighted by molar-refractivity contribution is 0.367. The lowest BCUT2D eigenvalue weighted by Crippen LogP contribution is -2.29. The molecule has 2 heterocycles. The fraction of sp³-hybridized carbons (Fsp3) is 0.714. The summed E-state index contributed by atoms with van der Waals surface area (Å²) in [4.78, 5) is 16.5. The molecule has 0 saturated carbocycles. The Bertz CT molecular complexity index is 531. The van der Waals surface area contributed by atoms with Crippen LogP contribution in [0.5, 0.6) is 0 Å². The highest BCUT2D eigenvalue weighted by atomic mass is 35.5. The van der Waals surface area contributed by atoms with Crippen LogP contribution in [0.3, 0.4) is 0 Å². The molecule has 7 heteroatoms. The Hall–Kier alpha value is -1.11. The Labute approximate surface area is 130 Å². The molecule has 1 aliphatic heterocycles. The first-order valence-corrected chi connectivity index (χ1v) is 7.68. The van der Waals surface area contributed by atoms with Crippen LogP contribution in [0.15, 0.2) is 11.0 Å². The van der Waals surface area contributed by atoms with Crippen molar-refractivity contribution in [2.24, 2.45) is 5.92 Å². The molecule has 0 aromatic carbocycles. The number of hydrogen-bond acceptors (Lipinski definition) is 5. The number of likely N-dealkylation sites (tertiary alicyclic amines) is 1. The third kappa shape index (κ3) is 4.43. The van der Waals surface area contributed by atoms with Gasteiger partial charge in [0.25, 0.3) is 5.56 Å². The highest BCUT2D eigenvalue weighted by molar-refractivity contribution is 6.32. The zero-order valence-electron chi connectivity index (χ0n) is 13.0. The molecule has 1 fully saturated rings. The minimum atomic E-state index is -0.230. The summed E-state index contributed by atoms with van der Waals surface area (Å²) in [5.74, 6) is 0.599. The van der Waals surface area contributed by atoms with Gasteiger partial charge >= 0.3 is 0 Å². The average Bonchev–Trinajstić information content (AvgIpc) is 2.85. The zero-order valence-corrected chi connectivity index (χ0v) is 13.7. The summed E-state index contributed by atoms with van der Waals surface area (Å²) < 4.78 is 1.41. The molecule has 1 N–H and O–H groups in total. The standard InChI is InChI=1S/C14H24ClN5O/c1-18(2)6-7-20-14(21)13(15)12(9-17-20)16-8-11-4-5-19(3)10-11/h9,11,16H,4-8,10H2,1-3H3. The van der Waals surface area contributed by atoms with E-state index in [1.54, 1.807) is 6.20 Å². The smallest absolute Gasteiger partial charge is 0.287 e.